The van der Waals surface area contributed by atoms with Gasteiger partial charge in [0.1, 0.15) is 5.82 Å². The van der Waals surface area contributed by atoms with Crippen molar-refractivity contribution in [1.82, 2.24) is 9.80 Å². The average Bonchev–Trinajstić information content (AvgIpc) is 3.26. The molecule has 212 valence electrons. The van der Waals surface area contributed by atoms with Gasteiger partial charge in [-0.05, 0) is 69.1 Å². The molecule has 4 aliphatic rings. The van der Waals surface area contributed by atoms with E-state index in [1.165, 1.54) is 23.1 Å². The predicted octanol–water partition coefficient (Wildman–Crippen LogP) is 4.64. The molecule has 6 rings (SSSR count). The molecular formula is C29H33F3N6O2. The highest BCUT2D eigenvalue weighted by molar-refractivity contribution is 5.83. The lowest BCUT2D eigenvalue weighted by atomic mass is 9.93. The molecule has 2 aromatic carbocycles. The quantitative estimate of drug-likeness (QED) is 0.583. The number of hydrogen-bond acceptors (Lipinski definition) is 7. The monoisotopic (exact) mass is 554 g/mol. The number of carbonyl (C=O) groups is 1. The Labute approximate surface area is 231 Å². The zero-order chi connectivity index (χ0) is 27.8. The summed E-state index contributed by atoms with van der Waals surface area (Å²) in [6.07, 6.45) is 5.56. The van der Waals surface area contributed by atoms with Crippen LogP contribution in [-0.4, -0.2) is 72.5 Å². The van der Waals surface area contributed by atoms with E-state index in [9.17, 15) is 23.1 Å². The summed E-state index contributed by atoms with van der Waals surface area (Å²) in [4.78, 5) is 20.9. The third-order valence-corrected chi connectivity index (χ3v) is 8.56. The van der Waals surface area contributed by atoms with Crippen molar-refractivity contribution in [2.45, 2.75) is 38.1 Å². The normalized spacial score (nSPS) is 24.1. The Hall–Kier alpha value is -3.44. The second-order valence-electron chi connectivity index (χ2n) is 11.0. The van der Waals surface area contributed by atoms with Gasteiger partial charge in [-0.1, -0.05) is 6.08 Å². The van der Waals surface area contributed by atoms with E-state index in [2.05, 4.69) is 21.2 Å². The van der Waals surface area contributed by atoms with Crippen molar-refractivity contribution in [2.24, 2.45) is 22.1 Å². The van der Waals surface area contributed by atoms with E-state index in [4.69, 9.17) is 0 Å². The van der Waals surface area contributed by atoms with E-state index >= 15 is 0 Å². The molecule has 0 aromatic heterocycles. The summed E-state index contributed by atoms with van der Waals surface area (Å²) < 4.78 is 41.9. The number of anilines is 3. The molecule has 11 heteroatoms. The molecule has 1 amide bonds. The predicted molar refractivity (Wildman–Crippen MR) is 145 cm³/mol. The highest BCUT2D eigenvalue weighted by Gasteiger charge is 2.42. The molecule has 2 atom stereocenters. The smallest absolute Gasteiger partial charge is 0.225 e. The molecule has 2 fully saturated rings. The molecule has 2 aromatic rings. The molecule has 0 radical (unpaired) electrons. The number of fused-ring (bicyclic) bond motifs is 1. The molecule has 40 heavy (non-hydrogen) atoms. The number of piperidine rings is 2. The van der Waals surface area contributed by atoms with Gasteiger partial charge < -0.3 is 19.8 Å². The SMILES string of the molecule is O=C(C1CCN(CC2C=CN=NC2)CC1)N1CCC(N2c3ccc(F)cc3N(c3ccc(F)c(F)c3)[C@H]2O)CC1. The zero-order valence-corrected chi connectivity index (χ0v) is 22.2. The van der Waals surface area contributed by atoms with Crippen molar-refractivity contribution in [1.29, 1.82) is 0 Å². The Morgan fingerprint density at radius 2 is 1.70 bits per heavy atom. The highest BCUT2D eigenvalue weighted by atomic mass is 19.2. The number of benzene rings is 2. The van der Waals surface area contributed by atoms with E-state index in [-0.39, 0.29) is 23.6 Å². The van der Waals surface area contributed by atoms with Crippen LogP contribution in [0.2, 0.25) is 0 Å². The summed E-state index contributed by atoms with van der Waals surface area (Å²) >= 11 is 0. The van der Waals surface area contributed by atoms with Gasteiger partial charge in [-0.15, -0.1) is 0 Å². The molecule has 1 N–H and O–H groups in total. The summed E-state index contributed by atoms with van der Waals surface area (Å²) in [6, 6.07) is 7.47. The first kappa shape index (κ1) is 26.8. The second kappa shape index (κ2) is 11.2. The summed E-state index contributed by atoms with van der Waals surface area (Å²) in [7, 11) is 0. The largest absolute Gasteiger partial charge is 0.356 e. The van der Waals surface area contributed by atoms with Gasteiger partial charge in [0.05, 0.1) is 17.9 Å². The Morgan fingerprint density at radius 1 is 0.925 bits per heavy atom. The van der Waals surface area contributed by atoms with Crippen LogP contribution >= 0.6 is 0 Å². The summed E-state index contributed by atoms with van der Waals surface area (Å²) in [6.45, 7) is 4.56. The van der Waals surface area contributed by atoms with Crippen LogP contribution in [0.3, 0.4) is 0 Å². The van der Waals surface area contributed by atoms with Crippen LogP contribution in [-0.2, 0) is 4.79 Å². The third kappa shape index (κ3) is 5.19. The topological polar surface area (TPSA) is 75.0 Å². The molecule has 4 heterocycles. The third-order valence-electron chi connectivity index (χ3n) is 8.56. The van der Waals surface area contributed by atoms with Crippen molar-refractivity contribution in [3.8, 4) is 0 Å². The molecular weight excluding hydrogens is 521 g/mol. The van der Waals surface area contributed by atoms with E-state index in [0.29, 0.717) is 49.8 Å². The lowest BCUT2D eigenvalue weighted by Gasteiger charge is -2.41. The lowest BCUT2D eigenvalue weighted by Crippen LogP contribution is -2.53. The highest BCUT2D eigenvalue weighted by Crippen LogP contribution is 2.46. The number of aliphatic hydroxyl groups excluding tert-OH is 1. The van der Waals surface area contributed by atoms with Crippen molar-refractivity contribution in [2.75, 3.05) is 49.1 Å². The molecule has 4 aliphatic heterocycles. The molecule has 1 unspecified atom stereocenters. The summed E-state index contributed by atoms with van der Waals surface area (Å²) in [5, 5.41) is 19.4. The Morgan fingerprint density at radius 3 is 2.40 bits per heavy atom. The summed E-state index contributed by atoms with van der Waals surface area (Å²) in [5.41, 5.74) is 1.23. The van der Waals surface area contributed by atoms with Gasteiger partial charge in [0.15, 0.2) is 11.6 Å². The fraction of sp³-hybridized carbons (Fsp3) is 0.483. The first-order valence-electron chi connectivity index (χ1n) is 13.9. The number of azo groups is 1. The average molecular weight is 555 g/mol. The zero-order valence-electron chi connectivity index (χ0n) is 22.2. The number of carbonyl (C=O) groups excluding carboxylic acids is 1. The van der Waals surface area contributed by atoms with Gasteiger partial charge in [-0.25, -0.2) is 13.2 Å². The Bertz CT molecular complexity index is 1310. The van der Waals surface area contributed by atoms with Gasteiger partial charge in [-0.2, -0.15) is 10.2 Å². The van der Waals surface area contributed by atoms with Gasteiger partial charge >= 0.3 is 0 Å². The number of nitrogens with zero attached hydrogens (tertiary/aromatic N) is 6. The minimum Gasteiger partial charge on any atom is -0.356 e. The first-order chi connectivity index (χ1) is 19.4. The molecule has 0 saturated carbocycles. The number of rotatable bonds is 5. The lowest BCUT2D eigenvalue weighted by molar-refractivity contribution is -0.138. The second-order valence-corrected chi connectivity index (χ2v) is 11.0. The molecule has 0 bridgehead atoms. The van der Waals surface area contributed by atoms with Crippen molar-refractivity contribution >= 4 is 23.0 Å². The number of halogens is 3. The standard InChI is InChI=1S/C29H33F3N6O2/c30-21-1-4-26-27(15-21)38(23-2-3-24(31)25(32)16-23)29(40)37(26)22-8-13-36(14-9-22)28(39)20-6-11-35(12-7-20)18-19-5-10-33-34-17-19/h1-5,10,15-16,19-20,22,29,40H,6-9,11-14,17-18H2/t19?,29-/m0/s1. The number of hydrogen-bond donors (Lipinski definition) is 1. The van der Waals surface area contributed by atoms with Gasteiger partial charge in [0, 0.05) is 55.5 Å². The number of amides is 1. The van der Waals surface area contributed by atoms with Gasteiger partial charge in [0.2, 0.25) is 12.3 Å². The van der Waals surface area contributed by atoms with Crippen LogP contribution < -0.4 is 9.80 Å². The van der Waals surface area contributed by atoms with E-state index in [1.807, 2.05) is 4.90 Å². The minimum absolute atomic E-state index is 0.0133. The summed E-state index contributed by atoms with van der Waals surface area (Å²) in [5.74, 6) is -1.95. The van der Waals surface area contributed by atoms with Crippen LogP contribution in [0.25, 0.3) is 0 Å². The van der Waals surface area contributed by atoms with Crippen LogP contribution in [0.1, 0.15) is 25.7 Å². The molecule has 8 nitrogen and oxygen atoms in total. The van der Waals surface area contributed by atoms with Crippen LogP contribution in [0.15, 0.2) is 58.9 Å². The fourth-order valence-corrected chi connectivity index (χ4v) is 6.43. The van der Waals surface area contributed by atoms with Crippen molar-refractivity contribution < 1.29 is 23.1 Å². The van der Waals surface area contributed by atoms with E-state index < -0.39 is 23.8 Å². The van der Waals surface area contributed by atoms with Crippen molar-refractivity contribution in [3.05, 3.63) is 66.1 Å². The maximum Gasteiger partial charge on any atom is 0.225 e. The van der Waals surface area contributed by atoms with Crippen molar-refractivity contribution in [3.63, 3.8) is 0 Å². The Balaban J connectivity index is 1.08. The number of likely N-dealkylation sites (tertiary alicyclic amines) is 2. The maximum absolute atomic E-state index is 14.2. The number of aliphatic hydroxyl groups is 1. The van der Waals surface area contributed by atoms with Gasteiger partial charge in [0.25, 0.3) is 0 Å². The van der Waals surface area contributed by atoms with E-state index in [1.54, 1.807) is 17.2 Å². The van der Waals surface area contributed by atoms with Crippen LogP contribution in [0.5, 0.6) is 0 Å². The molecule has 2 saturated heterocycles. The molecule has 0 aliphatic carbocycles. The Kier molecular flexibility index (Phi) is 7.50. The fourth-order valence-electron chi connectivity index (χ4n) is 6.43. The first-order valence-corrected chi connectivity index (χ1v) is 13.9. The van der Waals surface area contributed by atoms with Crippen LogP contribution in [0, 0.1) is 29.3 Å². The van der Waals surface area contributed by atoms with Gasteiger partial charge in [-0.3, -0.25) is 9.69 Å². The molecule has 0 spiro atoms. The van der Waals surface area contributed by atoms with Crippen LogP contribution in [0.4, 0.5) is 30.2 Å². The minimum atomic E-state index is -1.22. The van der Waals surface area contributed by atoms with E-state index in [0.717, 1.165) is 44.6 Å². The maximum atomic E-state index is 14.2.